The smallest absolute Gasteiger partial charge is 0.247 e. The Kier molecular flexibility index (Phi) is 3.60. The highest BCUT2D eigenvalue weighted by molar-refractivity contribution is 5.51. The van der Waals surface area contributed by atoms with Crippen molar-refractivity contribution in [2.24, 2.45) is 5.92 Å². The van der Waals surface area contributed by atoms with Crippen molar-refractivity contribution in [2.75, 3.05) is 0 Å². The van der Waals surface area contributed by atoms with Gasteiger partial charge in [0.25, 0.3) is 0 Å². The van der Waals surface area contributed by atoms with Crippen LogP contribution in [-0.2, 0) is 6.54 Å². The second-order valence-corrected chi connectivity index (χ2v) is 5.26. The largest absolute Gasteiger partial charge is 0.419 e. The molecule has 1 aromatic carbocycles. The molecule has 1 aromatic heterocycles. The van der Waals surface area contributed by atoms with Crippen LogP contribution >= 0.6 is 0 Å². The molecule has 0 amide bonds. The van der Waals surface area contributed by atoms with E-state index < -0.39 is 0 Å². The molecular weight excluding hydrogens is 238 g/mol. The first kappa shape index (κ1) is 12.4. The molecule has 1 aliphatic carbocycles. The van der Waals surface area contributed by atoms with E-state index >= 15 is 0 Å². The Morgan fingerprint density at radius 1 is 1.21 bits per heavy atom. The van der Waals surface area contributed by atoms with E-state index in [9.17, 15) is 0 Å². The highest BCUT2D eigenvalue weighted by Gasteiger charge is 2.23. The third kappa shape index (κ3) is 2.84. The van der Waals surface area contributed by atoms with E-state index in [2.05, 4.69) is 22.4 Å². The number of hydrogen-bond donors (Lipinski definition) is 1. The molecule has 2 unspecified atom stereocenters. The number of aromatic nitrogens is 2. The normalized spacial score (nSPS) is 22.8. The molecule has 100 valence electrons. The van der Waals surface area contributed by atoms with Crippen molar-refractivity contribution in [3.8, 4) is 11.5 Å². The third-order valence-corrected chi connectivity index (χ3v) is 3.86. The Morgan fingerprint density at radius 2 is 2.05 bits per heavy atom. The average molecular weight is 257 g/mol. The molecule has 0 aliphatic heterocycles. The van der Waals surface area contributed by atoms with Crippen molar-refractivity contribution in [1.82, 2.24) is 15.5 Å². The van der Waals surface area contributed by atoms with Gasteiger partial charge in [-0.05, 0) is 30.9 Å². The average Bonchev–Trinajstić information content (AvgIpc) is 3.06. The lowest BCUT2D eigenvalue weighted by Gasteiger charge is -2.15. The molecule has 19 heavy (non-hydrogen) atoms. The maximum atomic E-state index is 5.68. The molecular formula is C15H19N3O. The fourth-order valence-electron chi connectivity index (χ4n) is 2.69. The first-order valence-corrected chi connectivity index (χ1v) is 6.94. The predicted octanol–water partition coefficient (Wildman–Crippen LogP) is 3.01. The molecule has 3 rings (SSSR count). The number of nitrogens with zero attached hydrogens (tertiary/aromatic N) is 2. The van der Waals surface area contributed by atoms with Crippen LogP contribution in [0.5, 0.6) is 0 Å². The van der Waals surface area contributed by atoms with Crippen molar-refractivity contribution < 1.29 is 4.42 Å². The third-order valence-electron chi connectivity index (χ3n) is 3.86. The van der Waals surface area contributed by atoms with Gasteiger partial charge in [-0.1, -0.05) is 31.5 Å². The summed E-state index contributed by atoms with van der Waals surface area (Å²) in [6, 6.07) is 10.5. The second kappa shape index (κ2) is 5.53. The van der Waals surface area contributed by atoms with Gasteiger partial charge in [0.15, 0.2) is 0 Å². The molecule has 0 saturated heterocycles. The molecule has 0 spiro atoms. The minimum Gasteiger partial charge on any atom is -0.419 e. The first-order valence-electron chi connectivity index (χ1n) is 6.94. The van der Waals surface area contributed by atoms with E-state index in [1.807, 2.05) is 30.3 Å². The molecule has 1 aliphatic rings. The summed E-state index contributed by atoms with van der Waals surface area (Å²) < 4.78 is 5.68. The van der Waals surface area contributed by atoms with Crippen LogP contribution in [0.15, 0.2) is 34.7 Å². The van der Waals surface area contributed by atoms with Crippen LogP contribution < -0.4 is 5.32 Å². The zero-order valence-electron chi connectivity index (χ0n) is 11.2. The van der Waals surface area contributed by atoms with Gasteiger partial charge >= 0.3 is 0 Å². The molecule has 1 N–H and O–H groups in total. The maximum Gasteiger partial charge on any atom is 0.247 e. The SMILES string of the molecule is CC1CCCC1NCc1nnc(-c2ccccc2)o1. The van der Waals surface area contributed by atoms with E-state index in [4.69, 9.17) is 4.42 Å². The molecule has 2 atom stereocenters. The predicted molar refractivity (Wildman–Crippen MR) is 73.4 cm³/mol. The summed E-state index contributed by atoms with van der Waals surface area (Å²) in [5.41, 5.74) is 0.968. The van der Waals surface area contributed by atoms with E-state index in [1.54, 1.807) is 0 Å². The van der Waals surface area contributed by atoms with Crippen molar-refractivity contribution in [3.05, 3.63) is 36.2 Å². The number of rotatable bonds is 4. The molecule has 2 aromatic rings. The molecule has 0 bridgehead atoms. The van der Waals surface area contributed by atoms with Gasteiger partial charge in [0, 0.05) is 11.6 Å². The summed E-state index contributed by atoms with van der Waals surface area (Å²) in [4.78, 5) is 0. The van der Waals surface area contributed by atoms with Gasteiger partial charge in [-0.2, -0.15) is 0 Å². The Labute approximate surface area is 113 Å². The Hall–Kier alpha value is -1.68. The monoisotopic (exact) mass is 257 g/mol. The fraction of sp³-hybridized carbons (Fsp3) is 0.467. The summed E-state index contributed by atoms with van der Waals surface area (Å²) in [5, 5.41) is 11.7. The Balaban J connectivity index is 1.62. The lowest BCUT2D eigenvalue weighted by molar-refractivity contribution is 0.391. The van der Waals surface area contributed by atoms with Crippen LogP contribution in [0.4, 0.5) is 0 Å². The van der Waals surface area contributed by atoms with Crippen molar-refractivity contribution >= 4 is 0 Å². The standard InChI is InChI=1S/C15H19N3O/c1-11-6-5-9-13(11)16-10-14-17-18-15(19-14)12-7-3-2-4-8-12/h2-4,7-8,11,13,16H,5-6,9-10H2,1H3. The number of benzene rings is 1. The van der Waals surface area contributed by atoms with Gasteiger partial charge in [0.2, 0.25) is 11.8 Å². The van der Waals surface area contributed by atoms with Gasteiger partial charge in [-0.15, -0.1) is 10.2 Å². The topological polar surface area (TPSA) is 51.0 Å². The lowest BCUT2D eigenvalue weighted by atomic mass is 10.1. The van der Waals surface area contributed by atoms with Crippen molar-refractivity contribution in [2.45, 2.75) is 38.8 Å². The molecule has 4 nitrogen and oxygen atoms in total. The van der Waals surface area contributed by atoms with Crippen LogP contribution in [0.3, 0.4) is 0 Å². The minimum absolute atomic E-state index is 0.590. The van der Waals surface area contributed by atoms with Crippen LogP contribution in [0.25, 0.3) is 11.5 Å². The molecule has 4 heteroatoms. The highest BCUT2D eigenvalue weighted by Crippen LogP contribution is 2.25. The van der Waals surface area contributed by atoms with Crippen molar-refractivity contribution in [1.29, 1.82) is 0 Å². The van der Waals surface area contributed by atoms with Crippen LogP contribution in [-0.4, -0.2) is 16.2 Å². The summed E-state index contributed by atoms with van der Waals surface area (Å²) in [7, 11) is 0. The van der Waals surface area contributed by atoms with E-state index in [0.717, 1.165) is 11.5 Å². The zero-order chi connectivity index (χ0) is 13.1. The Bertz CT molecular complexity index is 523. The summed E-state index contributed by atoms with van der Waals surface area (Å²) >= 11 is 0. The van der Waals surface area contributed by atoms with Gasteiger partial charge in [-0.3, -0.25) is 0 Å². The van der Waals surface area contributed by atoms with Crippen LogP contribution in [0.2, 0.25) is 0 Å². The molecule has 1 heterocycles. The summed E-state index contributed by atoms with van der Waals surface area (Å²) in [6.45, 7) is 2.96. The first-order chi connectivity index (χ1) is 9.33. The summed E-state index contributed by atoms with van der Waals surface area (Å²) in [6.07, 6.45) is 3.88. The van der Waals surface area contributed by atoms with E-state index in [-0.39, 0.29) is 0 Å². The minimum atomic E-state index is 0.590. The fourth-order valence-corrected chi connectivity index (χ4v) is 2.69. The van der Waals surface area contributed by atoms with Crippen LogP contribution in [0, 0.1) is 5.92 Å². The molecule has 1 fully saturated rings. The second-order valence-electron chi connectivity index (χ2n) is 5.26. The van der Waals surface area contributed by atoms with E-state index in [1.165, 1.54) is 19.3 Å². The van der Waals surface area contributed by atoms with E-state index in [0.29, 0.717) is 24.4 Å². The number of hydrogen-bond acceptors (Lipinski definition) is 4. The lowest BCUT2D eigenvalue weighted by Crippen LogP contribution is -2.30. The zero-order valence-corrected chi connectivity index (χ0v) is 11.2. The van der Waals surface area contributed by atoms with Gasteiger partial charge < -0.3 is 9.73 Å². The van der Waals surface area contributed by atoms with Gasteiger partial charge in [-0.25, -0.2) is 0 Å². The maximum absolute atomic E-state index is 5.68. The van der Waals surface area contributed by atoms with Crippen LogP contribution in [0.1, 0.15) is 32.1 Å². The van der Waals surface area contributed by atoms with Crippen molar-refractivity contribution in [3.63, 3.8) is 0 Å². The number of nitrogens with one attached hydrogen (secondary N) is 1. The Morgan fingerprint density at radius 3 is 2.79 bits per heavy atom. The quantitative estimate of drug-likeness (QED) is 0.914. The highest BCUT2D eigenvalue weighted by atomic mass is 16.4. The van der Waals surface area contributed by atoms with Gasteiger partial charge in [0.05, 0.1) is 6.54 Å². The van der Waals surface area contributed by atoms with Gasteiger partial charge in [0.1, 0.15) is 0 Å². The molecule has 1 saturated carbocycles. The summed E-state index contributed by atoms with van der Waals surface area (Å²) in [5.74, 6) is 2.01. The molecule has 0 radical (unpaired) electrons.